The summed E-state index contributed by atoms with van der Waals surface area (Å²) < 4.78 is 6.62. The van der Waals surface area contributed by atoms with Gasteiger partial charge in [0.1, 0.15) is 5.75 Å². The highest BCUT2D eigenvalue weighted by atomic mass is 79.9. The van der Waals surface area contributed by atoms with Crippen molar-refractivity contribution in [3.63, 3.8) is 0 Å². The maximum atomic E-state index is 12.2. The maximum Gasteiger partial charge on any atom is 0.308 e. The highest BCUT2D eigenvalue weighted by Crippen LogP contribution is 2.25. The molecule has 2 rings (SSSR count). The van der Waals surface area contributed by atoms with E-state index < -0.39 is 11.9 Å². The highest BCUT2D eigenvalue weighted by Gasteiger charge is 2.37. The molecule has 1 aliphatic rings. The number of nitrogens with zero attached hydrogens (tertiary/aromatic N) is 1. The topological polar surface area (TPSA) is 66.8 Å². The maximum absolute atomic E-state index is 12.2. The van der Waals surface area contributed by atoms with Crippen LogP contribution in [-0.4, -0.2) is 41.1 Å². The fourth-order valence-corrected chi connectivity index (χ4v) is 3.13. The van der Waals surface area contributed by atoms with Crippen molar-refractivity contribution in [2.75, 3.05) is 13.2 Å². The van der Waals surface area contributed by atoms with Gasteiger partial charge in [-0.1, -0.05) is 15.9 Å². The Balaban J connectivity index is 1.65. The first-order chi connectivity index (χ1) is 11.0. The minimum absolute atomic E-state index is 0.0462. The number of carboxylic acid groups (broad SMARTS) is 1. The first-order valence-electron chi connectivity index (χ1n) is 7.89. The fourth-order valence-electron chi connectivity index (χ4n) is 2.86. The summed E-state index contributed by atoms with van der Waals surface area (Å²) in [5.41, 5.74) is 0. The van der Waals surface area contributed by atoms with Crippen LogP contribution in [0.5, 0.6) is 5.75 Å². The molecule has 6 heteroatoms. The number of likely N-dealkylation sites (tertiary alicyclic amines) is 1. The lowest BCUT2D eigenvalue weighted by Crippen LogP contribution is -2.37. The lowest BCUT2D eigenvalue weighted by atomic mass is 10.0. The van der Waals surface area contributed by atoms with E-state index in [4.69, 9.17) is 9.84 Å². The summed E-state index contributed by atoms with van der Waals surface area (Å²) in [5, 5.41) is 9.10. The molecule has 0 spiro atoms. The van der Waals surface area contributed by atoms with E-state index in [9.17, 15) is 9.59 Å². The number of halogens is 1. The molecule has 1 aromatic carbocycles. The number of carboxylic acids is 1. The molecule has 0 aromatic heterocycles. The molecule has 0 bridgehead atoms. The molecule has 1 fully saturated rings. The molecular formula is C17H22BrNO4. The van der Waals surface area contributed by atoms with Gasteiger partial charge >= 0.3 is 5.97 Å². The molecule has 1 saturated heterocycles. The second-order valence-corrected chi connectivity index (χ2v) is 6.74. The Morgan fingerprint density at radius 1 is 1.30 bits per heavy atom. The van der Waals surface area contributed by atoms with Gasteiger partial charge in [-0.15, -0.1) is 0 Å². The van der Waals surface area contributed by atoms with Gasteiger partial charge in [0, 0.05) is 23.5 Å². The molecule has 1 amide bonds. The molecule has 1 heterocycles. The Hall–Kier alpha value is -1.56. The van der Waals surface area contributed by atoms with Crippen molar-refractivity contribution in [1.82, 2.24) is 4.90 Å². The standard InChI is InChI=1S/C17H22BrNO4/c1-12-15(17(21)22)9-10-19(12)16(20)4-2-3-11-23-14-7-5-13(18)6-8-14/h5-8,12,15H,2-4,9-11H2,1H3,(H,21,22). The molecule has 126 valence electrons. The summed E-state index contributed by atoms with van der Waals surface area (Å²) in [7, 11) is 0. The van der Waals surface area contributed by atoms with E-state index in [2.05, 4.69) is 15.9 Å². The predicted molar refractivity (Wildman–Crippen MR) is 90.4 cm³/mol. The first kappa shape index (κ1) is 17.8. The number of carbonyl (C=O) groups is 2. The van der Waals surface area contributed by atoms with E-state index in [-0.39, 0.29) is 11.9 Å². The quantitative estimate of drug-likeness (QED) is 0.733. The van der Waals surface area contributed by atoms with Crippen molar-refractivity contribution in [2.45, 2.75) is 38.6 Å². The van der Waals surface area contributed by atoms with E-state index in [1.807, 2.05) is 31.2 Å². The van der Waals surface area contributed by atoms with Crippen molar-refractivity contribution in [3.8, 4) is 5.75 Å². The summed E-state index contributed by atoms with van der Waals surface area (Å²) in [6, 6.07) is 7.43. The fraction of sp³-hybridized carbons (Fsp3) is 0.529. The zero-order valence-corrected chi connectivity index (χ0v) is 14.8. The molecule has 5 nitrogen and oxygen atoms in total. The Bertz CT molecular complexity index is 546. The molecule has 1 N–H and O–H groups in total. The Labute approximate surface area is 144 Å². The lowest BCUT2D eigenvalue weighted by Gasteiger charge is -2.23. The molecule has 2 atom stereocenters. The average molecular weight is 384 g/mol. The van der Waals surface area contributed by atoms with Gasteiger partial charge in [0.25, 0.3) is 0 Å². The van der Waals surface area contributed by atoms with Crippen LogP contribution in [0.15, 0.2) is 28.7 Å². The molecular weight excluding hydrogens is 362 g/mol. The first-order valence-corrected chi connectivity index (χ1v) is 8.69. The molecule has 0 aliphatic carbocycles. The van der Waals surface area contributed by atoms with Gasteiger partial charge in [0.05, 0.1) is 12.5 Å². The minimum Gasteiger partial charge on any atom is -0.494 e. The van der Waals surface area contributed by atoms with E-state index in [1.54, 1.807) is 4.90 Å². The van der Waals surface area contributed by atoms with Gasteiger partial charge in [0.15, 0.2) is 0 Å². The normalized spacial score (nSPS) is 20.5. The van der Waals surface area contributed by atoms with E-state index >= 15 is 0 Å². The molecule has 2 unspecified atom stereocenters. The number of carbonyl (C=O) groups excluding carboxylic acids is 1. The summed E-state index contributed by atoms with van der Waals surface area (Å²) in [6.45, 7) is 2.94. The summed E-state index contributed by atoms with van der Waals surface area (Å²) >= 11 is 3.37. The predicted octanol–water partition coefficient (Wildman–Crippen LogP) is 3.32. The third-order valence-corrected chi connectivity index (χ3v) is 4.79. The van der Waals surface area contributed by atoms with Crippen LogP contribution in [0.4, 0.5) is 0 Å². The van der Waals surface area contributed by atoms with Crippen molar-refractivity contribution in [3.05, 3.63) is 28.7 Å². The Morgan fingerprint density at radius 3 is 2.61 bits per heavy atom. The van der Waals surface area contributed by atoms with Crippen molar-refractivity contribution >= 4 is 27.8 Å². The number of aliphatic carboxylic acids is 1. The van der Waals surface area contributed by atoms with Gasteiger partial charge in [-0.3, -0.25) is 9.59 Å². The lowest BCUT2D eigenvalue weighted by molar-refractivity contribution is -0.143. The summed E-state index contributed by atoms with van der Waals surface area (Å²) in [5.74, 6) is -0.378. The second-order valence-electron chi connectivity index (χ2n) is 5.82. The molecule has 23 heavy (non-hydrogen) atoms. The smallest absolute Gasteiger partial charge is 0.308 e. The number of hydrogen-bond acceptors (Lipinski definition) is 3. The summed E-state index contributed by atoms with van der Waals surface area (Å²) in [6.07, 6.45) is 2.54. The third kappa shape index (κ3) is 4.96. The van der Waals surface area contributed by atoms with Gasteiger partial charge in [-0.25, -0.2) is 0 Å². The number of hydrogen-bond donors (Lipinski definition) is 1. The molecule has 0 radical (unpaired) electrons. The number of rotatable bonds is 7. The SMILES string of the molecule is CC1C(C(=O)O)CCN1C(=O)CCCCOc1ccc(Br)cc1. The van der Waals surface area contributed by atoms with Crippen LogP contribution < -0.4 is 4.74 Å². The van der Waals surface area contributed by atoms with Crippen LogP contribution in [0.25, 0.3) is 0 Å². The summed E-state index contributed by atoms with van der Waals surface area (Å²) in [4.78, 5) is 25.0. The number of unbranched alkanes of at least 4 members (excludes halogenated alkanes) is 1. The van der Waals surface area contributed by atoms with Crippen molar-refractivity contribution in [1.29, 1.82) is 0 Å². The van der Waals surface area contributed by atoms with Crippen molar-refractivity contribution in [2.24, 2.45) is 5.92 Å². The molecule has 1 aromatic rings. The van der Waals surface area contributed by atoms with Gasteiger partial charge in [-0.05, 0) is 50.5 Å². The van der Waals surface area contributed by atoms with Gasteiger partial charge in [-0.2, -0.15) is 0 Å². The van der Waals surface area contributed by atoms with E-state index in [0.29, 0.717) is 26.0 Å². The van der Waals surface area contributed by atoms with E-state index in [1.165, 1.54) is 0 Å². The monoisotopic (exact) mass is 383 g/mol. The van der Waals surface area contributed by atoms with Crippen LogP contribution in [0.2, 0.25) is 0 Å². The van der Waals surface area contributed by atoms with Gasteiger partial charge < -0.3 is 14.7 Å². The Morgan fingerprint density at radius 2 is 2.00 bits per heavy atom. The zero-order chi connectivity index (χ0) is 16.8. The number of benzene rings is 1. The van der Waals surface area contributed by atoms with Crippen molar-refractivity contribution < 1.29 is 19.4 Å². The zero-order valence-electron chi connectivity index (χ0n) is 13.2. The molecule has 1 aliphatic heterocycles. The second kappa shape index (κ2) is 8.34. The molecule has 0 saturated carbocycles. The van der Waals surface area contributed by atoms with Crippen LogP contribution in [0, 0.1) is 5.92 Å². The van der Waals surface area contributed by atoms with Gasteiger partial charge in [0.2, 0.25) is 5.91 Å². The van der Waals surface area contributed by atoms with Crippen LogP contribution in [0.1, 0.15) is 32.6 Å². The van der Waals surface area contributed by atoms with Crippen LogP contribution in [0.3, 0.4) is 0 Å². The largest absolute Gasteiger partial charge is 0.494 e. The number of ether oxygens (including phenoxy) is 1. The average Bonchev–Trinajstić information content (AvgIpc) is 2.90. The van der Waals surface area contributed by atoms with Crippen LogP contribution in [-0.2, 0) is 9.59 Å². The minimum atomic E-state index is -0.810. The number of amides is 1. The highest BCUT2D eigenvalue weighted by molar-refractivity contribution is 9.10. The van der Waals surface area contributed by atoms with E-state index in [0.717, 1.165) is 23.1 Å². The van der Waals surface area contributed by atoms with Crippen LogP contribution >= 0.6 is 15.9 Å². The third-order valence-electron chi connectivity index (χ3n) is 4.26. The Kier molecular flexibility index (Phi) is 6.45.